The second-order valence-electron chi connectivity index (χ2n) is 13.5. The molecular formula is C38H46N2Si. The predicted octanol–water partition coefficient (Wildman–Crippen LogP) is 11.0. The van der Waals surface area contributed by atoms with Crippen molar-refractivity contribution in [2.45, 2.75) is 86.0 Å². The van der Waals surface area contributed by atoms with Crippen LogP contribution in [0.4, 0.5) is 0 Å². The third-order valence-corrected chi connectivity index (χ3v) is 11.0. The highest BCUT2D eigenvalue weighted by Crippen LogP contribution is 2.35. The number of aryl methyl sites for hydroxylation is 2. The van der Waals surface area contributed by atoms with E-state index in [0.717, 1.165) is 18.9 Å². The van der Waals surface area contributed by atoms with Gasteiger partial charge in [-0.3, -0.25) is 0 Å². The van der Waals surface area contributed by atoms with Crippen molar-refractivity contribution in [2.75, 3.05) is 0 Å². The summed E-state index contributed by atoms with van der Waals surface area (Å²) in [5.74, 6) is 0.725. The molecule has 0 N–H and O–H groups in total. The molecule has 4 aromatic carbocycles. The van der Waals surface area contributed by atoms with Crippen LogP contribution in [0.2, 0.25) is 19.6 Å². The van der Waals surface area contributed by atoms with Crippen LogP contribution in [0.1, 0.15) is 61.8 Å². The van der Waals surface area contributed by atoms with E-state index < -0.39 is 8.24 Å². The Hall–Kier alpha value is -3.30. The van der Waals surface area contributed by atoms with E-state index >= 15 is 0 Å². The molecule has 2 aromatic heterocycles. The Balaban J connectivity index is 1.43. The molecule has 0 aliphatic rings. The normalized spacial score (nSPS) is 13.2. The number of rotatable bonds is 9. The van der Waals surface area contributed by atoms with Gasteiger partial charge in [0.05, 0.1) is 0 Å². The molecule has 0 aliphatic heterocycles. The summed E-state index contributed by atoms with van der Waals surface area (Å²) >= 11 is 0. The number of hydrogen-bond donors (Lipinski definition) is 0. The summed E-state index contributed by atoms with van der Waals surface area (Å²) in [4.78, 5) is 0. The number of benzene rings is 4. The first-order valence-corrected chi connectivity index (χ1v) is 19.2. The average Bonchev–Trinajstić information content (AvgIpc) is 3.42. The molecule has 1 atom stereocenters. The van der Waals surface area contributed by atoms with Gasteiger partial charge in [0, 0.05) is 50.2 Å². The van der Waals surface area contributed by atoms with Crippen molar-refractivity contribution in [1.29, 1.82) is 0 Å². The van der Waals surface area contributed by atoms with Gasteiger partial charge in [0.25, 0.3) is 0 Å². The molecule has 1 unspecified atom stereocenters. The van der Waals surface area contributed by atoms with Gasteiger partial charge >= 0.3 is 0 Å². The van der Waals surface area contributed by atoms with E-state index in [0.29, 0.717) is 0 Å². The zero-order chi connectivity index (χ0) is 28.9. The van der Waals surface area contributed by atoms with Crippen LogP contribution in [0.3, 0.4) is 0 Å². The second-order valence-corrected chi connectivity index (χ2v) is 18.2. The topological polar surface area (TPSA) is 9.86 Å². The van der Waals surface area contributed by atoms with Crippen LogP contribution < -0.4 is 0 Å². The highest BCUT2D eigenvalue weighted by molar-refractivity contribution is 6.76. The molecule has 41 heavy (non-hydrogen) atoms. The van der Waals surface area contributed by atoms with E-state index in [1.807, 2.05) is 0 Å². The van der Waals surface area contributed by atoms with Crippen LogP contribution in [-0.4, -0.2) is 17.0 Å². The van der Waals surface area contributed by atoms with Gasteiger partial charge in [-0.15, -0.1) is 0 Å². The zero-order valence-electron chi connectivity index (χ0n) is 26.1. The lowest BCUT2D eigenvalue weighted by atomic mass is 9.99. The van der Waals surface area contributed by atoms with Crippen molar-refractivity contribution in [1.82, 2.24) is 8.80 Å². The van der Waals surface area contributed by atoms with Crippen molar-refractivity contribution in [2.24, 2.45) is 5.92 Å². The van der Waals surface area contributed by atoms with Crippen molar-refractivity contribution in [3.63, 3.8) is 0 Å². The van der Waals surface area contributed by atoms with Crippen LogP contribution in [0, 0.1) is 19.8 Å². The molecule has 2 nitrogen and oxygen atoms in total. The van der Waals surface area contributed by atoms with E-state index in [9.17, 15) is 0 Å². The summed E-state index contributed by atoms with van der Waals surface area (Å²) in [6.45, 7) is 17.5. The molecule has 0 radical (unpaired) electrons. The third kappa shape index (κ3) is 5.14. The second kappa shape index (κ2) is 10.8. The van der Waals surface area contributed by atoms with E-state index in [2.05, 4.69) is 129 Å². The van der Waals surface area contributed by atoms with E-state index in [1.54, 1.807) is 0 Å². The molecule has 0 saturated carbocycles. The Morgan fingerprint density at radius 1 is 0.634 bits per heavy atom. The average molecular weight is 559 g/mol. The standard InChI is InChI=1S/C38H46N2Si/c1-8-10-11-28(9-2)25-39-35-16-12-26(3)20-31(35)33-23-29(14-18-36(33)39)22-30-15-19-38-34(24-30)32-21-27(4)13-17-37(32)40(38)41(5,6)7/h12-21,23-24,28H,8-11,22,25H2,1-7H3. The molecule has 0 saturated heterocycles. The molecule has 0 aliphatic carbocycles. The number of hydrogen-bond acceptors (Lipinski definition) is 0. The molecule has 6 aromatic rings. The summed E-state index contributed by atoms with van der Waals surface area (Å²) in [5, 5.41) is 5.59. The Bertz CT molecular complexity index is 1880. The fraction of sp³-hybridized carbons (Fsp3) is 0.368. The highest BCUT2D eigenvalue weighted by atomic mass is 28.3. The number of aromatic nitrogens is 2. The minimum atomic E-state index is -1.59. The van der Waals surface area contributed by atoms with Gasteiger partial charge < -0.3 is 8.80 Å². The molecule has 0 amide bonds. The first kappa shape index (κ1) is 27.8. The lowest BCUT2D eigenvalue weighted by Crippen LogP contribution is -2.31. The van der Waals surface area contributed by atoms with Gasteiger partial charge in [0.15, 0.2) is 8.24 Å². The summed E-state index contributed by atoms with van der Waals surface area (Å²) in [5.41, 5.74) is 11.0. The Kier molecular flexibility index (Phi) is 7.36. The Labute approximate surface area is 247 Å². The van der Waals surface area contributed by atoms with Crippen LogP contribution in [0.15, 0.2) is 72.8 Å². The molecular weight excluding hydrogens is 513 g/mol. The zero-order valence-corrected chi connectivity index (χ0v) is 27.1. The van der Waals surface area contributed by atoms with Gasteiger partial charge in [-0.1, -0.05) is 88.1 Å². The fourth-order valence-electron chi connectivity index (χ4n) is 7.00. The molecule has 0 bridgehead atoms. The fourth-order valence-corrected chi connectivity index (χ4v) is 8.84. The monoisotopic (exact) mass is 558 g/mol. The van der Waals surface area contributed by atoms with E-state index in [4.69, 9.17) is 0 Å². The molecule has 3 heteroatoms. The van der Waals surface area contributed by atoms with Gasteiger partial charge in [0.1, 0.15) is 0 Å². The minimum Gasteiger partial charge on any atom is -0.368 e. The quantitative estimate of drug-likeness (QED) is 0.156. The van der Waals surface area contributed by atoms with Crippen LogP contribution in [0.25, 0.3) is 43.6 Å². The molecule has 0 fully saturated rings. The largest absolute Gasteiger partial charge is 0.368 e. The first-order valence-electron chi connectivity index (χ1n) is 15.7. The highest BCUT2D eigenvalue weighted by Gasteiger charge is 2.23. The maximum Gasteiger partial charge on any atom is 0.153 e. The third-order valence-electron chi connectivity index (χ3n) is 9.13. The number of nitrogens with zero attached hydrogens (tertiary/aromatic N) is 2. The van der Waals surface area contributed by atoms with Gasteiger partial charge in [-0.25, -0.2) is 0 Å². The van der Waals surface area contributed by atoms with Crippen molar-refractivity contribution < 1.29 is 0 Å². The summed E-state index contributed by atoms with van der Waals surface area (Å²) in [6.07, 6.45) is 6.09. The lowest BCUT2D eigenvalue weighted by molar-refractivity contribution is 0.401. The number of unbranched alkanes of at least 4 members (excludes halogenated alkanes) is 1. The van der Waals surface area contributed by atoms with Crippen LogP contribution in [-0.2, 0) is 13.0 Å². The van der Waals surface area contributed by atoms with Gasteiger partial charge in [0.2, 0.25) is 0 Å². The number of fused-ring (bicyclic) bond motifs is 6. The van der Waals surface area contributed by atoms with E-state index in [-0.39, 0.29) is 0 Å². The van der Waals surface area contributed by atoms with Gasteiger partial charge in [-0.05, 0) is 92.3 Å². The predicted molar refractivity (Wildman–Crippen MR) is 183 cm³/mol. The van der Waals surface area contributed by atoms with Crippen LogP contribution in [0.5, 0.6) is 0 Å². The SMILES string of the molecule is CCCCC(CC)Cn1c2ccc(C)cc2c2cc(Cc3ccc4c(c3)c3cc(C)ccc3n4[Si](C)(C)C)ccc21. The molecule has 6 rings (SSSR count). The molecule has 0 spiro atoms. The smallest absolute Gasteiger partial charge is 0.153 e. The lowest BCUT2D eigenvalue weighted by Gasteiger charge is -2.22. The van der Waals surface area contributed by atoms with Crippen molar-refractivity contribution in [3.05, 3.63) is 95.1 Å². The summed E-state index contributed by atoms with van der Waals surface area (Å²) in [7, 11) is -1.59. The maximum absolute atomic E-state index is 2.65. The molecule has 212 valence electrons. The van der Waals surface area contributed by atoms with Crippen molar-refractivity contribution >= 4 is 51.8 Å². The molecule has 2 heterocycles. The van der Waals surface area contributed by atoms with E-state index in [1.165, 1.54) is 91.5 Å². The minimum absolute atomic E-state index is 0.725. The van der Waals surface area contributed by atoms with Crippen molar-refractivity contribution in [3.8, 4) is 0 Å². The summed E-state index contributed by atoms with van der Waals surface area (Å²) in [6, 6.07) is 28.4. The first-order chi connectivity index (χ1) is 19.7. The van der Waals surface area contributed by atoms with Crippen LogP contribution >= 0.6 is 0 Å². The Morgan fingerprint density at radius 3 is 1.68 bits per heavy atom. The Morgan fingerprint density at radius 2 is 1.12 bits per heavy atom. The summed E-state index contributed by atoms with van der Waals surface area (Å²) < 4.78 is 5.26. The maximum atomic E-state index is 2.65. The van der Waals surface area contributed by atoms with Gasteiger partial charge in [-0.2, -0.15) is 0 Å².